The lowest BCUT2D eigenvalue weighted by Crippen LogP contribution is -2.03. The van der Waals surface area contributed by atoms with Crippen LogP contribution in [0.2, 0.25) is 0 Å². The zero-order valence-corrected chi connectivity index (χ0v) is 30.8. The molecule has 0 aliphatic heterocycles. The highest BCUT2D eigenvalue weighted by atomic mass is 32.1. The molecule has 56 heavy (non-hydrogen) atoms. The predicted molar refractivity (Wildman–Crippen MR) is 237 cm³/mol. The van der Waals surface area contributed by atoms with E-state index in [1.54, 1.807) is 0 Å². The standard InChI is InChI=1S/C52H29N3S/c1-2-12-31(13-3-1)51-50-34-14-5-4-11-30(34)21-24-43(50)53-52(54-51)55-44-20-9-8-17-37(44)40-27-32(22-25-45(40)55)33-23-26-46-42(28-33)49-39-19-10-18-38-35-15-6-7-16-36(35)41(48(38)39)29-47(49)56-46/h1-29H. The van der Waals surface area contributed by atoms with Crippen LogP contribution in [-0.4, -0.2) is 14.5 Å². The van der Waals surface area contributed by atoms with Gasteiger partial charge >= 0.3 is 0 Å². The van der Waals surface area contributed by atoms with Crippen LogP contribution < -0.4 is 0 Å². The highest BCUT2D eigenvalue weighted by Crippen LogP contribution is 2.52. The summed E-state index contributed by atoms with van der Waals surface area (Å²) in [7, 11) is 0. The van der Waals surface area contributed by atoms with E-state index in [4.69, 9.17) is 9.97 Å². The van der Waals surface area contributed by atoms with Crippen LogP contribution in [0.3, 0.4) is 0 Å². The van der Waals surface area contributed by atoms with Crippen LogP contribution in [0.1, 0.15) is 0 Å². The van der Waals surface area contributed by atoms with E-state index in [1.165, 1.54) is 80.5 Å². The summed E-state index contributed by atoms with van der Waals surface area (Å²) in [5.41, 5.74) is 12.9. The molecule has 0 saturated heterocycles. The van der Waals surface area contributed by atoms with Crippen LogP contribution in [0.25, 0.3) is 125 Å². The van der Waals surface area contributed by atoms with Gasteiger partial charge in [0.05, 0.1) is 22.2 Å². The number of thiophene rings is 1. The number of hydrogen-bond donors (Lipinski definition) is 0. The van der Waals surface area contributed by atoms with Crippen LogP contribution in [0.5, 0.6) is 0 Å². The fraction of sp³-hybridized carbons (Fsp3) is 0. The van der Waals surface area contributed by atoms with Crippen molar-refractivity contribution in [2.24, 2.45) is 0 Å². The van der Waals surface area contributed by atoms with Crippen molar-refractivity contribution in [3.05, 3.63) is 176 Å². The van der Waals surface area contributed by atoms with Crippen LogP contribution in [0.4, 0.5) is 0 Å². The van der Waals surface area contributed by atoms with E-state index in [1.807, 2.05) is 11.3 Å². The highest BCUT2D eigenvalue weighted by Gasteiger charge is 2.24. The van der Waals surface area contributed by atoms with Gasteiger partial charge in [0.2, 0.25) is 5.95 Å². The number of aromatic nitrogens is 3. The summed E-state index contributed by atoms with van der Waals surface area (Å²) >= 11 is 1.90. The molecule has 9 aromatic carbocycles. The lowest BCUT2D eigenvalue weighted by molar-refractivity contribution is 1.01. The lowest BCUT2D eigenvalue weighted by atomic mass is 9.96. The van der Waals surface area contributed by atoms with Crippen LogP contribution in [-0.2, 0) is 0 Å². The third-order valence-corrected chi connectivity index (χ3v) is 13.0. The molecule has 13 rings (SSSR count). The number of para-hydroxylation sites is 1. The molecule has 0 saturated carbocycles. The Labute approximate surface area is 325 Å². The maximum atomic E-state index is 5.41. The molecular weight excluding hydrogens is 699 g/mol. The van der Waals surface area contributed by atoms with Crippen molar-refractivity contribution in [1.82, 2.24) is 14.5 Å². The summed E-state index contributed by atoms with van der Waals surface area (Å²) in [6.45, 7) is 0. The van der Waals surface area contributed by atoms with E-state index in [0.717, 1.165) is 38.6 Å². The summed E-state index contributed by atoms with van der Waals surface area (Å²) < 4.78 is 4.89. The minimum absolute atomic E-state index is 0.668. The number of benzene rings is 9. The SMILES string of the molecule is c1ccc(-c2nc(-n3c4ccccc4c4cc(-c5ccc6sc7cc8c9c(cccc9c7c6c5)-c5ccccc5-8)ccc43)nc3ccc4ccccc4c23)cc1. The van der Waals surface area contributed by atoms with Gasteiger partial charge in [-0.3, -0.25) is 4.57 Å². The van der Waals surface area contributed by atoms with Crippen LogP contribution in [0, 0.1) is 0 Å². The van der Waals surface area contributed by atoms with Gasteiger partial charge in [-0.2, -0.15) is 0 Å². The number of fused-ring (bicyclic) bond motifs is 13. The van der Waals surface area contributed by atoms with Crippen molar-refractivity contribution in [1.29, 1.82) is 0 Å². The first-order valence-corrected chi connectivity index (χ1v) is 19.9. The summed E-state index contributed by atoms with van der Waals surface area (Å²) in [6.07, 6.45) is 0. The Bertz CT molecular complexity index is 3650. The molecule has 258 valence electrons. The summed E-state index contributed by atoms with van der Waals surface area (Å²) in [5.74, 6) is 0.668. The van der Waals surface area contributed by atoms with Gasteiger partial charge in [0.1, 0.15) is 0 Å². The topological polar surface area (TPSA) is 30.7 Å². The molecule has 0 spiro atoms. The maximum Gasteiger partial charge on any atom is 0.235 e. The van der Waals surface area contributed by atoms with Gasteiger partial charge in [0.15, 0.2) is 0 Å². The molecule has 1 aliphatic rings. The Morgan fingerprint density at radius 2 is 1.07 bits per heavy atom. The molecule has 3 nitrogen and oxygen atoms in total. The van der Waals surface area contributed by atoms with Gasteiger partial charge in [-0.1, -0.05) is 133 Å². The third-order valence-electron chi connectivity index (χ3n) is 11.9. The molecule has 0 N–H and O–H groups in total. The van der Waals surface area contributed by atoms with Gasteiger partial charge in [0, 0.05) is 41.9 Å². The maximum absolute atomic E-state index is 5.41. The molecular formula is C52H29N3S. The minimum atomic E-state index is 0.668. The predicted octanol–water partition coefficient (Wildman–Crippen LogP) is 14.4. The molecule has 1 aliphatic carbocycles. The summed E-state index contributed by atoms with van der Waals surface area (Å²) in [6, 6.07) is 64.0. The number of hydrogen-bond acceptors (Lipinski definition) is 3. The Kier molecular flexibility index (Phi) is 6.04. The average Bonchev–Trinajstić information content (AvgIpc) is 3.91. The third kappa shape index (κ3) is 4.11. The first-order chi connectivity index (χ1) is 27.8. The average molecular weight is 728 g/mol. The quantitative estimate of drug-likeness (QED) is 0.170. The second kappa shape index (κ2) is 11.2. The smallest absolute Gasteiger partial charge is 0.235 e. The summed E-state index contributed by atoms with van der Waals surface area (Å²) in [4.78, 5) is 10.7. The number of nitrogens with zero attached hydrogens (tertiary/aromatic N) is 3. The molecule has 3 heterocycles. The van der Waals surface area contributed by atoms with E-state index in [0.29, 0.717) is 5.95 Å². The Morgan fingerprint density at radius 3 is 1.96 bits per heavy atom. The van der Waals surface area contributed by atoms with Crippen molar-refractivity contribution in [3.63, 3.8) is 0 Å². The molecule has 0 unspecified atom stereocenters. The normalized spacial score (nSPS) is 12.3. The van der Waals surface area contributed by atoms with Gasteiger partial charge in [-0.05, 0) is 97.4 Å². The van der Waals surface area contributed by atoms with Crippen LogP contribution in [0.15, 0.2) is 176 Å². The van der Waals surface area contributed by atoms with Gasteiger partial charge in [-0.15, -0.1) is 11.3 Å². The van der Waals surface area contributed by atoms with E-state index in [-0.39, 0.29) is 0 Å². The van der Waals surface area contributed by atoms with Crippen molar-refractivity contribution in [2.75, 3.05) is 0 Å². The molecule has 0 atom stereocenters. The molecule has 0 bridgehead atoms. The second-order valence-corrected chi connectivity index (χ2v) is 16.0. The van der Waals surface area contributed by atoms with Crippen molar-refractivity contribution < 1.29 is 0 Å². The van der Waals surface area contributed by atoms with Crippen LogP contribution >= 0.6 is 11.3 Å². The molecule has 12 aromatic rings. The van der Waals surface area contributed by atoms with Gasteiger partial charge in [-0.25, -0.2) is 9.97 Å². The van der Waals surface area contributed by atoms with Gasteiger partial charge < -0.3 is 0 Å². The monoisotopic (exact) mass is 727 g/mol. The second-order valence-electron chi connectivity index (χ2n) is 14.9. The van der Waals surface area contributed by atoms with E-state index < -0.39 is 0 Å². The molecule has 3 aromatic heterocycles. The largest absolute Gasteiger partial charge is 0.278 e. The van der Waals surface area contributed by atoms with Crippen molar-refractivity contribution in [3.8, 4) is 50.6 Å². The first kappa shape index (κ1) is 30.2. The van der Waals surface area contributed by atoms with E-state index >= 15 is 0 Å². The Hall–Kier alpha value is -7.14. The minimum Gasteiger partial charge on any atom is -0.278 e. The van der Waals surface area contributed by atoms with Gasteiger partial charge in [0.25, 0.3) is 0 Å². The van der Waals surface area contributed by atoms with E-state index in [2.05, 4.69) is 180 Å². The number of rotatable bonds is 3. The van der Waals surface area contributed by atoms with Crippen molar-refractivity contribution in [2.45, 2.75) is 0 Å². The Balaban J connectivity index is 1.02. The molecule has 0 fully saturated rings. The van der Waals surface area contributed by atoms with E-state index in [9.17, 15) is 0 Å². The highest BCUT2D eigenvalue weighted by molar-refractivity contribution is 7.26. The zero-order chi connectivity index (χ0) is 36.5. The first-order valence-electron chi connectivity index (χ1n) is 19.1. The fourth-order valence-corrected chi connectivity index (χ4v) is 10.6. The Morgan fingerprint density at radius 1 is 0.375 bits per heavy atom. The zero-order valence-electron chi connectivity index (χ0n) is 30.0. The molecule has 0 amide bonds. The molecule has 4 heteroatoms. The van der Waals surface area contributed by atoms with Crippen molar-refractivity contribution >= 4 is 85.8 Å². The lowest BCUT2D eigenvalue weighted by Gasteiger charge is -2.13. The fourth-order valence-electron chi connectivity index (χ4n) is 9.48. The molecule has 0 radical (unpaired) electrons. The summed E-state index contributed by atoms with van der Waals surface area (Å²) in [5, 5.41) is 11.2.